The fourth-order valence-electron chi connectivity index (χ4n) is 3.47. The van der Waals surface area contributed by atoms with Crippen molar-refractivity contribution in [3.8, 4) is 11.1 Å². The maximum atomic E-state index is 14.0. The summed E-state index contributed by atoms with van der Waals surface area (Å²) in [5.41, 5.74) is -2.91. The fraction of sp³-hybridized carbons (Fsp3) is 0.263. The lowest BCUT2D eigenvalue weighted by Gasteiger charge is -2.20. The Bertz CT molecular complexity index is 1290. The van der Waals surface area contributed by atoms with Gasteiger partial charge in [-0.05, 0) is 23.8 Å². The lowest BCUT2D eigenvalue weighted by Crippen LogP contribution is -2.34. The molecular formula is C19H13ClF4N2O3S. The number of rotatable bonds is 2. The van der Waals surface area contributed by atoms with Crippen LogP contribution >= 0.6 is 23.4 Å². The third-order valence-electron chi connectivity index (χ3n) is 4.88. The molecule has 1 unspecified atom stereocenters. The number of nitrogens with one attached hydrogen (secondary N) is 1. The smallest absolute Gasteiger partial charge is 0.379 e. The second-order valence-electron chi connectivity index (χ2n) is 6.69. The predicted molar refractivity (Wildman–Crippen MR) is 106 cm³/mol. The van der Waals surface area contributed by atoms with Crippen LogP contribution in [-0.4, -0.2) is 28.5 Å². The van der Waals surface area contributed by atoms with Crippen LogP contribution in [0.25, 0.3) is 22.0 Å². The van der Waals surface area contributed by atoms with Crippen molar-refractivity contribution in [2.24, 2.45) is 0 Å². The van der Waals surface area contributed by atoms with Gasteiger partial charge in [0.1, 0.15) is 5.82 Å². The summed E-state index contributed by atoms with van der Waals surface area (Å²) in [6, 6.07) is 3.97. The molecule has 30 heavy (non-hydrogen) atoms. The molecule has 5 nitrogen and oxygen atoms in total. The molecule has 2 heterocycles. The molecule has 158 valence electrons. The topological polar surface area (TPSA) is 64.1 Å². The van der Waals surface area contributed by atoms with Gasteiger partial charge in [-0.3, -0.25) is 14.3 Å². The Hall–Kier alpha value is -2.30. The van der Waals surface area contributed by atoms with Crippen molar-refractivity contribution in [2.45, 2.75) is 23.7 Å². The highest BCUT2D eigenvalue weighted by atomic mass is 35.5. The molecule has 0 bridgehead atoms. The molecule has 0 saturated carbocycles. The van der Waals surface area contributed by atoms with Crippen molar-refractivity contribution in [3.05, 3.63) is 61.5 Å². The number of aromatic nitrogens is 2. The van der Waals surface area contributed by atoms with Crippen LogP contribution in [-0.2, 0) is 17.5 Å². The van der Waals surface area contributed by atoms with E-state index in [-0.39, 0.29) is 44.2 Å². The second kappa shape index (κ2) is 7.44. The molecule has 1 aromatic heterocycles. The number of thioether (sulfide) groups is 1. The number of ether oxygens (including phenoxy) is 1. The van der Waals surface area contributed by atoms with Crippen LogP contribution in [0.1, 0.15) is 5.56 Å². The SMILES string of the molecule is COC1CSc2c(-c3ccc(F)c(Cl)c3)c(C(F)(F)F)cc3c(=O)[nH]c(=O)n(c23)C1. The largest absolute Gasteiger partial charge is 0.417 e. The minimum atomic E-state index is -4.82. The summed E-state index contributed by atoms with van der Waals surface area (Å²) in [6.07, 6.45) is -5.30. The highest BCUT2D eigenvalue weighted by molar-refractivity contribution is 7.99. The molecule has 0 aliphatic carbocycles. The molecule has 0 radical (unpaired) electrons. The van der Waals surface area contributed by atoms with E-state index < -0.39 is 34.9 Å². The summed E-state index contributed by atoms with van der Waals surface area (Å²) < 4.78 is 62.2. The lowest BCUT2D eigenvalue weighted by atomic mass is 9.96. The summed E-state index contributed by atoms with van der Waals surface area (Å²) in [5, 5.41) is -0.609. The third kappa shape index (κ3) is 3.42. The van der Waals surface area contributed by atoms with E-state index in [4.69, 9.17) is 16.3 Å². The Kier molecular flexibility index (Phi) is 5.19. The van der Waals surface area contributed by atoms with Gasteiger partial charge >= 0.3 is 11.9 Å². The van der Waals surface area contributed by atoms with Gasteiger partial charge < -0.3 is 4.74 Å². The van der Waals surface area contributed by atoms with E-state index in [0.717, 1.165) is 23.9 Å². The minimum Gasteiger partial charge on any atom is -0.379 e. The number of hydrogen-bond donors (Lipinski definition) is 1. The summed E-state index contributed by atoms with van der Waals surface area (Å²) in [7, 11) is 1.43. The molecule has 11 heteroatoms. The normalized spacial score (nSPS) is 16.7. The van der Waals surface area contributed by atoms with Crippen molar-refractivity contribution < 1.29 is 22.3 Å². The summed E-state index contributed by atoms with van der Waals surface area (Å²) >= 11 is 6.86. The van der Waals surface area contributed by atoms with Crippen molar-refractivity contribution in [2.75, 3.05) is 12.9 Å². The molecule has 1 aliphatic heterocycles. The average molecular weight is 461 g/mol. The van der Waals surface area contributed by atoms with Gasteiger partial charge in [-0.25, -0.2) is 9.18 Å². The number of methoxy groups -OCH3 is 1. The van der Waals surface area contributed by atoms with Crippen LogP contribution in [0.4, 0.5) is 17.6 Å². The van der Waals surface area contributed by atoms with E-state index in [1.807, 2.05) is 0 Å². The second-order valence-corrected chi connectivity index (χ2v) is 8.13. The van der Waals surface area contributed by atoms with Crippen LogP contribution in [0.15, 0.2) is 38.8 Å². The molecule has 1 N–H and O–H groups in total. The Labute approximate surface area is 175 Å². The first-order valence-corrected chi connectivity index (χ1v) is 10.00. The highest BCUT2D eigenvalue weighted by Crippen LogP contribution is 2.46. The zero-order valence-electron chi connectivity index (χ0n) is 15.3. The molecular weight excluding hydrogens is 448 g/mol. The first-order valence-electron chi connectivity index (χ1n) is 8.64. The number of halogens is 5. The molecule has 4 rings (SSSR count). The summed E-state index contributed by atoms with van der Waals surface area (Å²) in [6.45, 7) is 0.0532. The number of hydrogen-bond acceptors (Lipinski definition) is 4. The zero-order chi connectivity index (χ0) is 21.8. The van der Waals surface area contributed by atoms with Gasteiger partial charge in [0.25, 0.3) is 5.56 Å². The third-order valence-corrected chi connectivity index (χ3v) is 6.40. The maximum absolute atomic E-state index is 14.0. The number of nitrogens with zero attached hydrogens (tertiary/aromatic N) is 1. The van der Waals surface area contributed by atoms with Crippen LogP contribution in [0.3, 0.4) is 0 Å². The lowest BCUT2D eigenvalue weighted by molar-refractivity contribution is -0.137. The number of benzene rings is 2. The Balaban J connectivity index is 2.20. The van der Waals surface area contributed by atoms with Gasteiger partial charge in [-0.15, -0.1) is 11.8 Å². The number of alkyl halides is 3. The van der Waals surface area contributed by atoms with Crippen LogP contribution in [0.2, 0.25) is 5.02 Å². The molecule has 0 spiro atoms. The molecule has 0 fully saturated rings. The van der Waals surface area contributed by atoms with Gasteiger partial charge in [0.15, 0.2) is 0 Å². The molecule has 2 aromatic carbocycles. The summed E-state index contributed by atoms with van der Waals surface area (Å²) in [4.78, 5) is 27.0. The Morgan fingerprint density at radius 1 is 1.27 bits per heavy atom. The Morgan fingerprint density at radius 3 is 2.63 bits per heavy atom. The van der Waals surface area contributed by atoms with Crippen molar-refractivity contribution in [1.82, 2.24) is 9.55 Å². The molecule has 1 aliphatic rings. The average Bonchev–Trinajstić information content (AvgIpc) is 2.87. The zero-order valence-corrected chi connectivity index (χ0v) is 16.8. The van der Waals surface area contributed by atoms with E-state index in [9.17, 15) is 27.2 Å². The van der Waals surface area contributed by atoms with Crippen molar-refractivity contribution in [3.63, 3.8) is 0 Å². The number of aromatic amines is 1. The van der Waals surface area contributed by atoms with Gasteiger partial charge in [0.05, 0.1) is 34.1 Å². The van der Waals surface area contributed by atoms with Gasteiger partial charge in [-0.2, -0.15) is 13.2 Å². The quantitative estimate of drug-likeness (QED) is 0.579. The van der Waals surface area contributed by atoms with Crippen molar-refractivity contribution in [1.29, 1.82) is 0 Å². The van der Waals surface area contributed by atoms with Crippen LogP contribution in [0.5, 0.6) is 0 Å². The molecule has 0 saturated heterocycles. The van der Waals surface area contributed by atoms with Gasteiger partial charge in [-0.1, -0.05) is 17.7 Å². The van der Waals surface area contributed by atoms with Crippen LogP contribution in [0, 0.1) is 5.82 Å². The molecule has 0 amide bonds. The molecule has 1 atom stereocenters. The van der Waals surface area contributed by atoms with Gasteiger partial charge in [0.2, 0.25) is 0 Å². The van der Waals surface area contributed by atoms with Crippen molar-refractivity contribution >= 4 is 34.3 Å². The predicted octanol–water partition coefficient (Wildman–Crippen LogP) is 4.29. The minimum absolute atomic E-state index is 0.0215. The monoisotopic (exact) mass is 460 g/mol. The van der Waals surface area contributed by atoms with Gasteiger partial charge in [0, 0.05) is 23.3 Å². The maximum Gasteiger partial charge on any atom is 0.417 e. The Morgan fingerprint density at radius 2 is 2.00 bits per heavy atom. The first kappa shape index (κ1) is 21.0. The fourth-order valence-corrected chi connectivity index (χ4v) is 4.98. The van der Waals surface area contributed by atoms with E-state index in [1.165, 1.54) is 17.7 Å². The van der Waals surface area contributed by atoms with E-state index >= 15 is 0 Å². The summed E-state index contributed by atoms with van der Waals surface area (Å²) in [5.74, 6) is -0.537. The van der Waals surface area contributed by atoms with E-state index in [1.54, 1.807) is 0 Å². The first-order chi connectivity index (χ1) is 14.1. The number of H-pyrrole nitrogens is 1. The molecule has 3 aromatic rings. The highest BCUT2D eigenvalue weighted by Gasteiger charge is 2.38. The standard InChI is InChI=1S/C19H13ClF4N2O3S/c1-29-9-6-26-15-10(17(27)25-18(26)28)5-11(19(22,23)24)14(16(15)30-7-9)8-2-3-13(21)12(20)4-8/h2-5,9H,6-7H2,1H3,(H,25,27,28). The van der Waals surface area contributed by atoms with E-state index in [0.29, 0.717) is 6.07 Å². The van der Waals surface area contributed by atoms with E-state index in [2.05, 4.69) is 4.98 Å². The van der Waals surface area contributed by atoms with Crippen LogP contribution < -0.4 is 11.2 Å².